The zero-order valence-electron chi connectivity index (χ0n) is 43.8. The molecule has 0 saturated carbocycles. The van der Waals surface area contributed by atoms with E-state index >= 15 is 0 Å². The first kappa shape index (κ1) is 58.5. The Morgan fingerprint density at radius 2 is 0.957 bits per heavy atom. The fourth-order valence-electron chi connectivity index (χ4n) is 9.08. The second-order valence-corrected chi connectivity index (χ2v) is 19.2. The van der Waals surface area contributed by atoms with Crippen molar-refractivity contribution in [2.45, 2.75) is 238 Å². The molecule has 4 aliphatic rings. The Hall–Kier alpha value is -1.38. The molecule has 0 spiro atoms. The largest absolute Gasteiger partial charge is 0.385 e. The molecule has 15 nitrogen and oxygen atoms in total. The van der Waals surface area contributed by atoms with E-state index in [9.17, 15) is 5.11 Å². The van der Waals surface area contributed by atoms with E-state index in [4.69, 9.17) is 66.3 Å². The first-order chi connectivity index (χ1) is 33.8. The third-order valence-electron chi connectivity index (χ3n) is 13.4. The third kappa shape index (κ3) is 17.9. The van der Waals surface area contributed by atoms with E-state index in [0.717, 1.165) is 95.5 Å². The highest BCUT2D eigenvalue weighted by molar-refractivity contribution is 5.17. The topological polar surface area (TPSA) is 149 Å². The van der Waals surface area contributed by atoms with Crippen molar-refractivity contribution in [3.8, 4) is 0 Å². The van der Waals surface area contributed by atoms with Crippen molar-refractivity contribution in [1.29, 1.82) is 0 Å². The maximum absolute atomic E-state index is 12.5. The highest BCUT2D eigenvalue weighted by Gasteiger charge is 2.57. The van der Waals surface area contributed by atoms with E-state index < -0.39 is 92.3 Å². The molecule has 4 saturated heterocycles. The predicted molar refractivity (Wildman–Crippen MR) is 262 cm³/mol. The molecule has 1 aromatic rings. The van der Waals surface area contributed by atoms with Gasteiger partial charge in [0.2, 0.25) is 0 Å². The standard InChI is InChI=1S/C54H94O15/c1-9-16-28-56-35-40-45(59-31-19-12-4)48(60-32-20-13-5)43(55)53(65-40)69-49-47-42(37-63-52(67-47)39-26-24-23-25-27-39)66-54(50(49)61-33-21-14-6)68-46-41(36-57-29-17-10-2)64-51(62-34-22-15-7)38(8)44(46)58-30-18-11-3/h23-27,38,40-55H,9-22,28-37H2,1-8H3/t38-,40?,41?,42?,43-,44?,45-,46+,47+,48?,49?,50+,51+,52?,53-,54-/m0/s1. The van der Waals surface area contributed by atoms with Crippen LogP contribution in [0.1, 0.15) is 157 Å². The van der Waals surface area contributed by atoms with Gasteiger partial charge in [-0.3, -0.25) is 0 Å². The summed E-state index contributed by atoms with van der Waals surface area (Å²) in [5.41, 5.74) is 0.855. The van der Waals surface area contributed by atoms with E-state index in [1.807, 2.05) is 30.3 Å². The van der Waals surface area contributed by atoms with Gasteiger partial charge < -0.3 is 71.4 Å². The van der Waals surface area contributed by atoms with Gasteiger partial charge in [0.15, 0.2) is 25.2 Å². The number of ether oxygens (including phenoxy) is 14. The van der Waals surface area contributed by atoms with Gasteiger partial charge in [-0.1, -0.05) is 131 Å². The monoisotopic (exact) mass is 983 g/mol. The van der Waals surface area contributed by atoms with E-state index in [0.29, 0.717) is 46.2 Å². The van der Waals surface area contributed by atoms with E-state index in [2.05, 4.69) is 55.4 Å². The summed E-state index contributed by atoms with van der Waals surface area (Å²) in [6.07, 6.45) is 1.46. The summed E-state index contributed by atoms with van der Waals surface area (Å²) in [5.74, 6) is -0.189. The van der Waals surface area contributed by atoms with Crippen LogP contribution in [0.5, 0.6) is 0 Å². The number of hydrogen-bond donors (Lipinski definition) is 1. The number of rotatable bonds is 35. The van der Waals surface area contributed by atoms with Gasteiger partial charge in [0.1, 0.15) is 61.0 Å². The second kappa shape index (κ2) is 33.4. The van der Waals surface area contributed by atoms with Crippen molar-refractivity contribution in [3.63, 3.8) is 0 Å². The van der Waals surface area contributed by atoms with Crippen molar-refractivity contribution in [3.05, 3.63) is 35.9 Å². The Bertz CT molecular complexity index is 1430. The molecule has 69 heavy (non-hydrogen) atoms. The van der Waals surface area contributed by atoms with Crippen LogP contribution < -0.4 is 0 Å². The minimum atomic E-state index is -1.24. The van der Waals surface area contributed by atoms with Gasteiger partial charge in [-0.25, -0.2) is 0 Å². The minimum absolute atomic E-state index is 0.175. The van der Waals surface area contributed by atoms with Gasteiger partial charge in [-0.2, -0.15) is 0 Å². The number of unbranched alkanes of at least 4 members (excludes halogenated alkanes) is 7. The lowest BCUT2D eigenvalue weighted by Crippen LogP contribution is -2.68. The maximum Gasteiger partial charge on any atom is 0.187 e. The summed E-state index contributed by atoms with van der Waals surface area (Å²) < 4.78 is 94.2. The molecular formula is C54H94O15. The first-order valence-electron chi connectivity index (χ1n) is 27.3. The summed E-state index contributed by atoms with van der Waals surface area (Å²) in [5, 5.41) is 12.5. The Morgan fingerprint density at radius 1 is 0.478 bits per heavy atom. The molecule has 5 rings (SSSR count). The molecule has 1 N–H and O–H groups in total. The molecule has 0 aliphatic carbocycles. The highest BCUT2D eigenvalue weighted by Crippen LogP contribution is 2.41. The fourth-order valence-corrected chi connectivity index (χ4v) is 9.08. The Balaban J connectivity index is 1.55. The third-order valence-corrected chi connectivity index (χ3v) is 13.4. The normalized spacial score (nSPS) is 33.9. The Morgan fingerprint density at radius 3 is 1.54 bits per heavy atom. The van der Waals surface area contributed by atoms with Crippen LogP contribution in [0.4, 0.5) is 0 Å². The molecule has 0 radical (unpaired) electrons. The SMILES string of the molecule is CCCCOCC1O[C@@H](OCCCC)[C@@H](C)C(OCCCC)[C@@H]1O[C@@H]1OC2COC(c3ccccc3)O[C@H]2C(O[C@@H]2OC(COCCCC)[C@H](OCCCC)C(OCCCC)[C@@H]2O)[C@H]1OCCCC. The van der Waals surface area contributed by atoms with Crippen molar-refractivity contribution < 1.29 is 71.4 Å². The predicted octanol–water partition coefficient (Wildman–Crippen LogP) is 9.23. The molecule has 16 atom stereocenters. The first-order valence-corrected chi connectivity index (χ1v) is 27.3. The molecule has 15 heteroatoms. The fraction of sp³-hybridized carbons (Fsp3) is 0.889. The zero-order valence-corrected chi connectivity index (χ0v) is 43.8. The lowest BCUT2D eigenvalue weighted by molar-refractivity contribution is -0.410. The number of hydrogen-bond acceptors (Lipinski definition) is 15. The van der Waals surface area contributed by atoms with Crippen LogP contribution >= 0.6 is 0 Å². The number of benzene rings is 1. The van der Waals surface area contributed by atoms with Crippen LogP contribution in [0.2, 0.25) is 0 Å². The van der Waals surface area contributed by atoms with Gasteiger partial charge >= 0.3 is 0 Å². The van der Waals surface area contributed by atoms with Crippen LogP contribution in [0.3, 0.4) is 0 Å². The van der Waals surface area contributed by atoms with Crippen molar-refractivity contribution in [2.75, 3.05) is 66.1 Å². The lowest BCUT2D eigenvalue weighted by atomic mass is 9.91. The molecule has 0 aromatic heterocycles. The van der Waals surface area contributed by atoms with E-state index in [1.165, 1.54) is 0 Å². The Labute approximate surface area is 415 Å². The Kier molecular flexibility index (Phi) is 28.4. The molecule has 0 amide bonds. The summed E-state index contributed by atoms with van der Waals surface area (Å²) in [6, 6.07) is 9.83. The minimum Gasteiger partial charge on any atom is -0.385 e. The lowest BCUT2D eigenvalue weighted by Gasteiger charge is -2.53. The quantitative estimate of drug-likeness (QED) is 0.0644. The molecule has 1 aromatic carbocycles. The van der Waals surface area contributed by atoms with Gasteiger partial charge in [0.25, 0.3) is 0 Å². The summed E-state index contributed by atoms with van der Waals surface area (Å²) in [4.78, 5) is 0. The molecule has 4 aliphatic heterocycles. The summed E-state index contributed by atoms with van der Waals surface area (Å²) in [7, 11) is 0. The van der Waals surface area contributed by atoms with E-state index in [-0.39, 0.29) is 25.7 Å². The van der Waals surface area contributed by atoms with Crippen LogP contribution in [0.25, 0.3) is 0 Å². The molecule has 4 heterocycles. The van der Waals surface area contributed by atoms with Gasteiger partial charge in [-0.05, 0) is 44.9 Å². The highest BCUT2D eigenvalue weighted by atomic mass is 16.8. The van der Waals surface area contributed by atoms with Crippen LogP contribution in [-0.4, -0.2) is 157 Å². The van der Waals surface area contributed by atoms with E-state index in [1.54, 1.807) is 0 Å². The number of aliphatic hydroxyl groups excluding tert-OH is 1. The number of aliphatic hydroxyl groups is 1. The van der Waals surface area contributed by atoms with Crippen LogP contribution in [-0.2, 0) is 66.3 Å². The van der Waals surface area contributed by atoms with Crippen LogP contribution in [0, 0.1) is 5.92 Å². The summed E-state index contributed by atoms with van der Waals surface area (Å²) in [6.45, 7) is 21.3. The van der Waals surface area contributed by atoms with Crippen molar-refractivity contribution in [2.24, 2.45) is 5.92 Å². The average Bonchev–Trinajstić information content (AvgIpc) is 3.36. The second-order valence-electron chi connectivity index (χ2n) is 19.2. The van der Waals surface area contributed by atoms with Crippen LogP contribution in [0.15, 0.2) is 30.3 Å². The van der Waals surface area contributed by atoms with Crippen molar-refractivity contribution in [1.82, 2.24) is 0 Å². The maximum atomic E-state index is 12.5. The average molecular weight is 983 g/mol. The molecule has 4 fully saturated rings. The van der Waals surface area contributed by atoms with Gasteiger partial charge in [-0.15, -0.1) is 0 Å². The van der Waals surface area contributed by atoms with Gasteiger partial charge in [0, 0.05) is 57.7 Å². The molecule has 400 valence electrons. The molecular weight excluding hydrogens is 889 g/mol. The molecule has 0 bridgehead atoms. The number of fused-ring (bicyclic) bond motifs is 1. The molecule has 7 unspecified atom stereocenters. The van der Waals surface area contributed by atoms with Gasteiger partial charge in [0.05, 0.1) is 25.9 Å². The smallest absolute Gasteiger partial charge is 0.187 e. The zero-order chi connectivity index (χ0) is 49.2. The summed E-state index contributed by atoms with van der Waals surface area (Å²) >= 11 is 0. The van der Waals surface area contributed by atoms with Crippen molar-refractivity contribution >= 4 is 0 Å².